The molecule has 2 aliphatic heterocycles. The average molecular weight is 1290 g/mol. The average Bonchev–Trinajstić information content (AvgIpc) is 1.56. The second-order valence-corrected chi connectivity index (χ2v) is 31.0. The van der Waals surface area contributed by atoms with Gasteiger partial charge < -0.3 is 18.3 Å². The highest BCUT2D eigenvalue weighted by Crippen LogP contribution is 2.55. The second kappa shape index (κ2) is 22.9. The van der Waals surface area contributed by atoms with Crippen LogP contribution in [0.2, 0.25) is 0 Å². The first-order chi connectivity index (χ1) is 48.3. The summed E-state index contributed by atoms with van der Waals surface area (Å²) in [5, 5.41) is 13.6. The maximum absolute atomic E-state index is 15.2. The lowest BCUT2D eigenvalue weighted by atomic mass is 9.98. The quantitative estimate of drug-likeness (QED) is 0.142. The predicted octanol–water partition coefficient (Wildman–Crippen LogP) is 21.2. The summed E-state index contributed by atoms with van der Waals surface area (Å²) < 4.78 is 35.2. The van der Waals surface area contributed by atoms with Crippen LogP contribution in [0.3, 0.4) is 0 Å². The SMILES string of the molecule is O=P1(c2ccccc2)c2ccccc2-c2cc3c(cc21)c1ccccc1n3-c1ccc(-c2ccc(-c3ccc4ccccc4c3)cc2)cc1.O=P1(c2ccccc2)c2ccccc2-c2cc3c(cc21)c1ccccc1n3-c1ccc(-c2ccc(-c3cccc4cccnc34)cc2)cc1. The van der Waals surface area contributed by atoms with E-state index in [0.29, 0.717) is 0 Å². The third-order valence-electron chi connectivity index (χ3n) is 20.3. The Labute approximate surface area is 567 Å². The summed E-state index contributed by atoms with van der Waals surface area (Å²) in [5.74, 6) is 0. The van der Waals surface area contributed by atoms with E-state index in [1.807, 2.05) is 103 Å². The minimum absolute atomic E-state index is 0.877. The Balaban J connectivity index is 0.000000137. The Kier molecular flexibility index (Phi) is 13.4. The number of fused-ring (bicyclic) bond motifs is 14. The number of hydrogen-bond acceptors (Lipinski definition) is 3. The molecule has 460 valence electrons. The maximum Gasteiger partial charge on any atom is 0.172 e. The molecule has 2 atom stereocenters. The summed E-state index contributed by atoms with van der Waals surface area (Å²) in [5.41, 5.74) is 21.3. The van der Waals surface area contributed by atoms with Gasteiger partial charge in [0.15, 0.2) is 14.3 Å². The van der Waals surface area contributed by atoms with Crippen molar-refractivity contribution in [3.63, 3.8) is 0 Å². The number of nitrogens with zero attached hydrogens (tertiary/aromatic N) is 3. The summed E-state index contributed by atoms with van der Waals surface area (Å²) in [6.07, 6.45) is 1.86. The summed E-state index contributed by atoms with van der Waals surface area (Å²) in [6, 6.07) is 123. The standard InChI is InChI=1S/C46H30NOP.C45H29N2OP/c48-49(38-12-2-1-3-13-38)45-17-9-7-15-40(45)42-29-44-41(30-46(42)49)39-14-6-8-16-43(39)47(44)37-26-24-33(25-27-37)32-18-20-34(21-19-32)36-23-22-31-10-4-5-11-35(31)28-36;48-49(35-12-2-1-3-13-35)43-18-7-5-15-38(43)40-28-42-39(29-44(40)49)37-14-4-6-17-41(37)47(42)34-25-23-31(24-26-34)30-19-21-32(22-20-30)36-16-8-10-33-11-9-27-46-45(33)36/h1-30H;1-29H. The van der Waals surface area contributed by atoms with Crippen molar-refractivity contribution in [3.05, 3.63) is 358 Å². The fraction of sp³-hybridized carbons (Fsp3) is 0. The summed E-state index contributed by atoms with van der Waals surface area (Å²) >= 11 is 0. The number of hydrogen-bond donors (Lipinski definition) is 0. The Morgan fingerprint density at radius 1 is 0.235 bits per heavy atom. The van der Waals surface area contributed by atoms with Crippen LogP contribution in [0.1, 0.15) is 0 Å². The molecule has 7 heteroatoms. The fourth-order valence-electron chi connectivity index (χ4n) is 15.6. The van der Waals surface area contributed by atoms with Gasteiger partial charge in [-0.15, -0.1) is 0 Å². The minimum Gasteiger partial charge on any atom is -0.309 e. The van der Waals surface area contributed by atoms with E-state index in [-0.39, 0.29) is 0 Å². The van der Waals surface area contributed by atoms with Crippen molar-refractivity contribution < 1.29 is 9.13 Å². The second-order valence-electron chi connectivity index (χ2n) is 25.6. The molecule has 0 saturated heterocycles. The molecule has 3 aromatic heterocycles. The van der Waals surface area contributed by atoms with Crippen molar-refractivity contribution in [2.75, 3.05) is 0 Å². The smallest absolute Gasteiger partial charge is 0.172 e. The summed E-state index contributed by atoms with van der Waals surface area (Å²) in [7, 11) is -6.07. The predicted molar refractivity (Wildman–Crippen MR) is 413 cm³/mol. The molecule has 0 amide bonds. The van der Waals surface area contributed by atoms with E-state index in [1.54, 1.807) is 0 Å². The van der Waals surface area contributed by atoms with Gasteiger partial charge in [-0.2, -0.15) is 0 Å². The van der Waals surface area contributed by atoms with Crippen LogP contribution in [0.5, 0.6) is 0 Å². The van der Waals surface area contributed by atoms with Gasteiger partial charge in [-0.05, 0) is 145 Å². The molecule has 0 saturated carbocycles. The van der Waals surface area contributed by atoms with Crippen LogP contribution in [-0.4, -0.2) is 14.1 Å². The molecule has 2 aliphatic rings. The lowest BCUT2D eigenvalue weighted by molar-refractivity contribution is 0.592. The van der Waals surface area contributed by atoms with Crippen molar-refractivity contribution in [2.24, 2.45) is 0 Å². The fourth-order valence-corrected chi connectivity index (χ4v) is 21.7. The Bertz CT molecular complexity index is 6320. The zero-order chi connectivity index (χ0) is 65.1. The number of aromatic nitrogens is 3. The van der Waals surface area contributed by atoms with Gasteiger partial charge in [0.2, 0.25) is 0 Å². The summed E-state index contributed by atoms with van der Waals surface area (Å²) in [4.78, 5) is 4.65. The number of rotatable bonds is 8. The minimum atomic E-state index is -3.04. The van der Waals surface area contributed by atoms with E-state index < -0.39 is 14.3 Å². The Morgan fingerprint density at radius 2 is 0.622 bits per heavy atom. The first kappa shape index (κ1) is 57.5. The molecule has 0 radical (unpaired) electrons. The molecule has 0 N–H and O–H groups in total. The van der Waals surface area contributed by atoms with E-state index in [2.05, 4.69) is 269 Å². The lowest BCUT2D eigenvalue weighted by Gasteiger charge is -2.16. The van der Waals surface area contributed by atoms with Crippen molar-refractivity contribution in [3.8, 4) is 78.1 Å². The molecular formula is C91H59N3O2P2. The maximum atomic E-state index is 15.2. The van der Waals surface area contributed by atoms with E-state index in [4.69, 9.17) is 0 Å². The van der Waals surface area contributed by atoms with Gasteiger partial charge in [0.05, 0.1) is 27.6 Å². The first-order valence-corrected chi connectivity index (χ1v) is 36.7. The monoisotopic (exact) mass is 1290 g/mol. The first-order valence-electron chi connectivity index (χ1n) is 33.3. The van der Waals surface area contributed by atoms with Gasteiger partial charge in [-0.1, -0.05) is 279 Å². The lowest BCUT2D eigenvalue weighted by Crippen LogP contribution is -2.20. The van der Waals surface area contributed by atoms with Gasteiger partial charge in [-0.3, -0.25) is 4.98 Å². The zero-order valence-electron chi connectivity index (χ0n) is 53.1. The topological polar surface area (TPSA) is 56.9 Å². The third kappa shape index (κ3) is 9.05. The highest BCUT2D eigenvalue weighted by atomic mass is 31.2. The largest absolute Gasteiger partial charge is 0.309 e. The van der Waals surface area contributed by atoms with E-state index >= 15 is 9.13 Å². The molecule has 18 aromatic rings. The summed E-state index contributed by atoms with van der Waals surface area (Å²) in [6.45, 7) is 0. The number of para-hydroxylation sites is 3. The molecule has 5 heterocycles. The number of benzene rings is 15. The third-order valence-corrected chi connectivity index (χ3v) is 26.6. The Hall–Kier alpha value is -12.0. The molecule has 5 nitrogen and oxygen atoms in total. The van der Waals surface area contributed by atoms with Crippen LogP contribution < -0.4 is 31.8 Å². The molecule has 15 aromatic carbocycles. The molecule has 0 aliphatic carbocycles. The van der Waals surface area contributed by atoms with E-state index in [0.717, 1.165) is 142 Å². The molecule has 2 unspecified atom stereocenters. The van der Waals surface area contributed by atoms with Gasteiger partial charge in [0.25, 0.3) is 0 Å². The van der Waals surface area contributed by atoms with Crippen molar-refractivity contribution in [1.82, 2.24) is 14.1 Å². The molecule has 20 rings (SSSR count). The van der Waals surface area contributed by atoms with E-state index in [1.165, 1.54) is 33.0 Å². The zero-order valence-corrected chi connectivity index (χ0v) is 54.9. The van der Waals surface area contributed by atoms with Crippen LogP contribution in [0, 0.1) is 0 Å². The van der Waals surface area contributed by atoms with Crippen molar-refractivity contribution in [2.45, 2.75) is 0 Å². The molecular weight excluding hydrogens is 1230 g/mol. The van der Waals surface area contributed by atoms with Crippen LogP contribution >= 0.6 is 14.3 Å². The van der Waals surface area contributed by atoms with Crippen LogP contribution in [0.4, 0.5) is 0 Å². The van der Waals surface area contributed by atoms with Crippen molar-refractivity contribution in [1.29, 1.82) is 0 Å². The highest BCUT2D eigenvalue weighted by Gasteiger charge is 2.42. The molecule has 0 fully saturated rings. The van der Waals surface area contributed by atoms with E-state index in [9.17, 15) is 0 Å². The van der Waals surface area contributed by atoms with Crippen LogP contribution in [0.15, 0.2) is 358 Å². The number of pyridine rings is 1. The Morgan fingerprint density at radius 3 is 1.14 bits per heavy atom. The normalized spacial score (nSPS) is 15.1. The highest BCUT2D eigenvalue weighted by molar-refractivity contribution is 7.87. The molecule has 98 heavy (non-hydrogen) atoms. The van der Waals surface area contributed by atoms with Gasteiger partial charge in [0.1, 0.15) is 0 Å². The van der Waals surface area contributed by atoms with Crippen molar-refractivity contribution >= 4 is 111 Å². The van der Waals surface area contributed by atoms with Crippen LogP contribution in [-0.2, 0) is 9.13 Å². The van der Waals surface area contributed by atoms with Gasteiger partial charge in [0, 0.05) is 81.9 Å². The van der Waals surface area contributed by atoms with Gasteiger partial charge >= 0.3 is 0 Å². The molecule has 0 spiro atoms. The van der Waals surface area contributed by atoms with Crippen LogP contribution in [0.25, 0.3) is 143 Å². The molecule has 0 bridgehead atoms. The van der Waals surface area contributed by atoms with Gasteiger partial charge in [-0.25, -0.2) is 0 Å².